The van der Waals surface area contributed by atoms with Crippen LogP contribution in [0.25, 0.3) is 10.4 Å². The molecule has 1 heterocycles. The van der Waals surface area contributed by atoms with Crippen molar-refractivity contribution in [1.29, 1.82) is 0 Å². The molecule has 0 spiro atoms. The molecule has 0 aliphatic rings. The van der Waals surface area contributed by atoms with Gasteiger partial charge in [0.2, 0.25) is 0 Å². The highest BCUT2D eigenvalue weighted by atomic mass is 79.9. The lowest BCUT2D eigenvalue weighted by Crippen LogP contribution is -2.22. The first-order valence-corrected chi connectivity index (χ1v) is 8.71. The van der Waals surface area contributed by atoms with E-state index >= 15 is 0 Å². The second-order valence-electron chi connectivity index (χ2n) is 5.02. The second-order valence-corrected chi connectivity index (χ2v) is 6.83. The number of carbonyl (C=O) groups is 3. The van der Waals surface area contributed by atoms with E-state index in [2.05, 4.69) is 15.9 Å². The zero-order chi connectivity index (χ0) is 19.4. The number of hydrogen-bond acceptors (Lipinski definition) is 6. The molecule has 0 bridgehead atoms. The molecule has 1 unspecified atom stereocenters. The normalized spacial score (nSPS) is 11.6. The minimum Gasteiger partial charge on any atom is -0.479 e. The predicted molar refractivity (Wildman–Crippen MR) is 95.3 cm³/mol. The number of halogens is 1. The second kappa shape index (κ2) is 8.19. The summed E-state index contributed by atoms with van der Waals surface area (Å²) in [4.78, 5) is 33.3. The molecule has 2 aromatic rings. The lowest BCUT2D eigenvalue weighted by Gasteiger charge is -2.11. The molecule has 0 saturated carbocycles. The zero-order valence-electron chi connectivity index (χ0n) is 13.3. The van der Waals surface area contributed by atoms with Gasteiger partial charge in [0.05, 0.1) is 9.35 Å². The van der Waals surface area contributed by atoms with Gasteiger partial charge in [-0.3, -0.25) is 0 Å². The highest BCUT2D eigenvalue weighted by Gasteiger charge is 2.24. The Bertz CT molecular complexity index is 860. The van der Waals surface area contributed by atoms with Crippen molar-refractivity contribution in [3.8, 4) is 21.9 Å². The van der Waals surface area contributed by atoms with Gasteiger partial charge in [0.15, 0.2) is 23.3 Å². The summed E-state index contributed by atoms with van der Waals surface area (Å²) in [5, 5.41) is 27.0. The van der Waals surface area contributed by atoms with Crippen LogP contribution >= 0.6 is 27.3 Å². The van der Waals surface area contributed by atoms with Gasteiger partial charge in [-0.15, -0.1) is 11.3 Å². The zero-order valence-corrected chi connectivity index (χ0v) is 15.7. The van der Waals surface area contributed by atoms with Crippen molar-refractivity contribution in [2.75, 3.05) is 6.61 Å². The van der Waals surface area contributed by atoms with Crippen molar-refractivity contribution in [1.82, 2.24) is 0 Å². The van der Waals surface area contributed by atoms with Gasteiger partial charge in [0.25, 0.3) is 0 Å². The van der Waals surface area contributed by atoms with Gasteiger partial charge < -0.3 is 24.8 Å². The topological polar surface area (TPSA) is 130 Å². The van der Waals surface area contributed by atoms with Gasteiger partial charge in [-0.25, -0.2) is 14.4 Å². The van der Waals surface area contributed by atoms with E-state index in [1.807, 2.05) is 0 Å². The molecule has 2 rings (SSSR count). The molecule has 1 aromatic carbocycles. The maximum atomic E-state index is 11.4. The molecular formula is C16H13BrO8S. The third kappa shape index (κ3) is 4.52. The molecule has 0 aliphatic heterocycles. The van der Waals surface area contributed by atoms with Gasteiger partial charge in [-0.1, -0.05) is 12.1 Å². The van der Waals surface area contributed by atoms with Crippen LogP contribution in [-0.2, 0) is 9.59 Å². The monoisotopic (exact) mass is 444 g/mol. The fourth-order valence-corrected chi connectivity index (χ4v) is 3.84. The van der Waals surface area contributed by atoms with Gasteiger partial charge in [-0.05, 0) is 40.5 Å². The van der Waals surface area contributed by atoms with Crippen LogP contribution in [0.2, 0.25) is 0 Å². The summed E-state index contributed by atoms with van der Waals surface area (Å²) in [6.45, 7) is 0.699. The molecular weight excluding hydrogens is 432 g/mol. The van der Waals surface area contributed by atoms with E-state index < -0.39 is 30.6 Å². The number of carboxylic acids is 3. The minimum absolute atomic E-state index is 0.0786. The summed E-state index contributed by atoms with van der Waals surface area (Å²) in [5.74, 6) is -3.40. The minimum atomic E-state index is -1.26. The van der Waals surface area contributed by atoms with E-state index in [-0.39, 0.29) is 10.6 Å². The van der Waals surface area contributed by atoms with Crippen molar-refractivity contribution in [3.63, 3.8) is 0 Å². The van der Waals surface area contributed by atoms with Crippen LogP contribution in [0.5, 0.6) is 11.5 Å². The summed E-state index contributed by atoms with van der Waals surface area (Å²) in [6.07, 6.45) is -1.05. The van der Waals surface area contributed by atoms with Crippen LogP contribution in [0.4, 0.5) is 0 Å². The molecule has 1 atom stereocenters. The summed E-state index contributed by atoms with van der Waals surface area (Å²) in [7, 11) is 0. The third-order valence-corrected chi connectivity index (χ3v) is 5.33. The van der Waals surface area contributed by atoms with Crippen LogP contribution in [0, 0.1) is 0 Å². The van der Waals surface area contributed by atoms with E-state index in [9.17, 15) is 19.5 Å². The Hall–Kier alpha value is -2.59. The van der Waals surface area contributed by atoms with Crippen molar-refractivity contribution in [3.05, 3.63) is 33.6 Å². The van der Waals surface area contributed by atoms with Gasteiger partial charge in [-0.2, -0.15) is 0 Å². The van der Waals surface area contributed by atoms with Crippen LogP contribution in [-0.4, -0.2) is 45.9 Å². The van der Waals surface area contributed by atoms with Crippen molar-refractivity contribution < 1.29 is 39.2 Å². The molecule has 0 saturated heterocycles. The van der Waals surface area contributed by atoms with Crippen molar-refractivity contribution >= 4 is 45.2 Å². The number of benzene rings is 1. The Morgan fingerprint density at radius 1 is 1.23 bits per heavy atom. The van der Waals surface area contributed by atoms with Gasteiger partial charge in [0.1, 0.15) is 5.75 Å². The lowest BCUT2D eigenvalue weighted by atomic mass is 10.2. The van der Waals surface area contributed by atoms with E-state index in [4.69, 9.17) is 19.7 Å². The SMILES string of the molecule is CC(Oc1cccc(-c2sc(C(=O)O)c(OCC(=O)O)c2Br)c1)C(=O)O. The first-order chi connectivity index (χ1) is 12.2. The first-order valence-electron chi connectivity index (χ1n) is 7.10. The van der Waals surface area contributed by atoms with E-state index in [0.29, 0.717) is 20.7 Å². The molecule has 0 aliphatic carbocycles. The summed E-state index contributed by atoms with van der Waals surface area (Å²) < 4.78 is 10.7. The molecule has 0 fully saturated rings. The maximum Gasteiger partial charge on any atom is 0.349 e. The van der Waals surface area contributed by atoms with Gasteiger partial charge in [0, 0.05) is 0 Å². The molecule has 0 amide bonds. The van der Waals surface area contributed by atoms with Crippen LogP contribution in [0.15, 0.2) is 28.7 Å². The number of aromatic carboxylic acids is 1. The van der Waals surface area contributed by atoms with Gasteiger partial charge >= 0.3 is 17.9 Å². The Balaban J connectivity index is 2.42. The molecule has 1 aromatic heterocycles. The van der Waals surface area contributed by atoms with Crippen molar-refractivity contribution in [2.24, 2.45) is 0 Å². The fraction of sp³-hybridized carbons (Fsp3) is 0.188. The number of rotatable bonds is 8. The molecule has 10 heteroatoms. The Morgan fingerprint density at radius 3 is 2.50 bits per heavy atom. The molecule has 8 nitrogen and oxygen atoms in total. The largest absolute Gasteiger partial charge is 0.479 e. The van der Waals surface area contributed by atoms with E-state index in [1.165, 1.54) is 6.92 Å². The first kappa shape index (κ1) is 19.7. The van der Waals surface area contributed by atoms with Crippen LogP contribution in [0.1, 0.15) is 16.6 Å². The fourth-order valence-electron chi connectivity index (χ4n) is 1.95. The van der Waals surface area contributed by atoms with Crippen LogP contribution in [0.3, 0.4) is 0 Å². The molecule has 0 radical (unpaired) electrons. The Morgan fingerprint density at radius 2 is 1.92 bits per heavy atom. The third-order valence-electron chi connectivity index (χ3n) is 3.10. The van der Waals surface area contributed by atoms with Crippen LogP contribution < -0.4 is 9.47 Å². The maximum absolute atomic E-state index is 11.4. The average molecular weight is 445 g/mol. The predicted octanol–water partition coefficient (Wildman–Crippen LogP) is 3.19. The highest BCUT2D eigenvalue weighted by Crippen LogP contribution is 2.46. The number of carboxylic acid groups (broad SMARTS) is 3. The molecule has 138 valence electrons. The molecule has 3 N–H and O–H groups in total. The van der Waals surface area contributed by atoms with E-state index in [1.54, 1.807) is 24.3 Å². The lowest BCUT2D eigenvalue weighted by molar-refractivity contribution is -0.144. The summed E-state index contributed by atoms with van der Waals surface area (Å²) >= 11 is 4.15. The summed E-state index contributed by atoms with van der Waals surface area (Å²) in [5.41, 5.74) is 0.560. The number of ether oxygens (including phenoxy) is 2. The highest BCUT2D eigenvalue weighted by molar-refractivity contribution is 9.10. The Kier molecular flexibility index (Phi) is 6.22. The average Bonchev–Trinajstić information content (AvgIpc) is 2.90. The molecule has 26 heavy (non-hydrogen) atoms. The summed E-state index contributed by atoms with van der Waals surface area (Å²) in [6, 6.07) is 6.44. The Labute approximate surface area is 159 Å². The number of aliphatic carboxylic acids is 2. The van der Waals surface area contributed by atoms with Crippen molar-refractivity contribution in [2.45, 2.75) is 13.0 Å². The standard InChI is InChI=1S/C16H13BrO8S/c1-7(15(20)21)25-9-4-2-3-8(5-9)13-11(17)12(24-6-10(18)19)14(26-13)16(22)23/h2-5,7H,6H2,1H3,(H,18,19)(H,20,21)(H,22,23). The van der Waals surface area contributed by atoms with E-state index in [0.717, 1.165) is 11.3 Å². The number of thiophene rings is 1. The number of hydrogen-bond donors (Lipinski definition) is 3. The quantitative estimate of drug-likeness (QED) is 0.565. The smallest absolute Gasteiger partial charge is 0.349 e.